The molecule has 0 atom stereocenters. The van der Waals surface area contributed by atoms with Gasteiger partial charge in [0.25, 0.3) is 0 Å². The van der Waals surface area contributed by atoms with Gasteiger partial charge in [0.2, 0.25) is 0 Å². The molecule has 0 amide bonds. The number of imidazole rings is 1. The molecule has 3 aromatic rings. The van der Waals surface area contributed by atoms with Crippen LogP contribution in [0.3, 0.4) is 0 Å². The lowest BCUT2D eigenvalue weighted by atomic mass is 10.0. The Labute approximate surface area is 141 Å². The Kier molecular flexibility index (Phi) is 4.03. The van der Waals surface area contributed by atoms with Gasteiger partial charge < -0.3 is 3.11 Å². The van der Waals surface area contributed by atoms with Crippen LogP contribution >= 0.6 is 34.5 Å². The van der Waals surface area contributed by atoms with E-state index in [1.807, 2.05) is 34.8 Å². The van der Waals surface area contributed by atoms with E-state index in [4.69, 9.17) is 11.6 Å². The molecule has 0 radical (unpaired) electrons. The van der Waals surface area contributed by atoms with Gasteiger partial charge in [-0.1, -0.05) is 18.5 Å². The second-order valence-corrected chi connectivity index (χ2v) is 6.69. The van der Waals surface area contributed by atoms with Crippen molar-refractivity contribution in [3.05, 3.63) is 47.6 Å². The summed E-state index contributed by atoms with van der Waals surface area (Å²) >= 11 is 8.27. The molecule has 0 aliphatic heterocycles. The zero-order chi connectivity index (χ0) is 15.0. The van der Waals surface area contributed by atoms with Gasteiger partial charge in [0.15, 0.2) is 0 Å². The zero-order valence-corrected chi connectivity index (χ0v) is 14.6. The third-order valence-corrected chi connectivity index (χ3v) is 3.87. The maximum absolute atomic E-state index is 6.02. The SMILES string of the molecule is CC/C(=C\N(C)I)c1cc2cnc(Cl)cc2n2ccnc12. The van der Waals surface area contributed by atoms with Crippen LogP contribution in [0.15, 0.2) is 36.9 Å². The molecule has 6 heteroatoms. The van der Waals surface area contributed by atoms with Crippen molar-refractivity contribution in [1.29, 1.82) is 0 Å². The van der Waals surface area contributed by atoms with Gasteiger partial charge >= 0.3 is 0 Å². The zero-order valence-electron chi connectivity index (χ0n) is 11.7. The van der Waals surface area contributed by atoms with Crippen LogP contribution in [0.2, 0.25) is 5.15 Å². The Morgan fingerprint density at radius 2 is 2.24 bits per heavy atom. The predicted molar refractivity (Wildman–Crippen MR) is 95.6 cm³/mol. The van der Waals surface area contributed by atoms with Crippen molar-refractivity contribution in [3.63, 3.8) is 0 Å². The van der Waals surface area contributed by atoms with Crippen molar-refractivity contribution in [2.75, 3.05) is 7.05 Å². The minimum absolute atomic E-state index is 0.489. The number of aromatic nitrogens is 3. The van der Waals surface area contributed by atoms with Crippen LogP contribution in [0.5, 0.6) is 0 Å². The van der Waals surface area contributed by atoms with Crippen molar-refractivity contribution in [2.24, 2.45) is 0 Å². The van der Waals surface area contributed by atoms with E-state index in [0.717, 1.165) is 28.5 Å². The first-order valence-electron chi connectivity index (χ1n) is 6.61. The van der Waals surface area contributed by atoms with Gasteiger partial charge in [-0.2, -0.15) is 0 Å². The molecule has 0 fully saturated rings. The first-order valence-corrected chi connectivity index (χ1v) is 7.95. The second-order valence-electron chi connectivity index (χ2n) is 4.78. The van der Waals surface area contributed by atoms with Gasteiger partial charge in [-0.25, -0.2) is 9.97 Å². The first kappa shape index (κ1) is 14.6. The number of halogens is 2. The molecule has 108 valence electrons. The smallest absolute Gasteiger partial charge is 0.144 e. The number of hydrogen-bond donors (Lipinski definition) is 0. The Hall–Kier alpha value is -1.34. The molecule has 0 aliphatic rings. The third kappa shape index (κ3) is 2.72. The summed E-state index contributed by atoms with van der Waals surface area (Å²) in [5.74, 6) is 0. The highest BCUT2D eigenvalue weighted by Crippen LogP contribution is 2.28. The minimum Gasteiger partial charge on any atom is -0.324 e. The summed E-state index contributed by atoms with van der Waals surface area (Å²) in [6, 6.07) is 4.01. The molecule has 21 heavy (non-hydrogen) atoms. The summed E-state index contributed by atoms with van der Waals surface area (Å²) in [5, 5.41) is 1.54. The number of pyridine rings is 2. The normalized spacial score (nSPS) is 12.3. The van der Waals surface area contributed by atoms with Crippen molar-refractivity contribution in [1.82, 2.24) is 17.5 Å². The lowest BCUT2D eigenvalue weighted by Crippen LogP contribution is -1.98. The van der Waals surface area contributed by atoms with E-state index in [2.05, 4.69) is 56.4 Å². The van der Waals surface area contributed by atoms with E-state index in [0.29, 0.717) is 5.15 Å². The van der Waals surface area contributed by atoms with Gasteiger partial charge in [-0.3, -0.25) is 4.40 Å². The second kappa shape index (κ2) is 5.81. The summed E-state index contributed by atoms with van der Waals surface area (Å²) < 4.78 is 4.09. The number of rotatable bonds is 3. The van der Waals surface area contributed by atoms with E-state index in [9.17, 15) is 0 Å². The van der Waals surface area contributed by atoms with Crippen molar-refractivity contribution >= 4 is 56.6 Å². The lowest BCUT2D eigenvalue weighted by Gasteiger charge is -2.12. The average Bonchev–Trinajstić information content (AvgIpc) is 2.93. The summed E-state index contributed by atoms with van der Waals surface area (Å²) in [6.07, 6.45) is 8.63. The van der Waals surface area contributed by atoms with Gasteiger partial charge in [-0.15, -0.1) is 0 Å². The van der Waals surface area contributed by atoms with Crippen molar-refractivity contribution in [3.8, 4) is 0 Å². The molecule has 0 aromatic carbocycles. The van der Waals surface area contributed by atoms with Crippen LogP contribution < -0.4 is 0 Å². The lowest BCUT2D eigenvalue weighted by molar-refractivity contribution is 0.833. The molecule has 3 heterocycles. The number of allylic oxidation sites excluding steroid dienone is 1. The largest absolute Gasteiger partial charge is 0.324 e. The molecular weight excluding hydrogens is 399 g/mol. The fraction of sp³-hybridized carbons (Fsp3) is 0.200. The molecule has 0 spiro atoms. The van der Waals surface area contributed by atoms with Crippen LogP contribution in [0.1, 0.15) is 18.9 Å². The maximum Gasteiger partial charge on any atom is 0.144 e. The fourth-order valence-electron chi connectivity index (χ4n) is 2.47. The predicted octanol–water partition coefficient (Wildman–Crippen LogP) is 4.57. The molecular formula is C15H14ClIN4. The molecule has 0 saturated heterocycles. The topological polar surface area (TPSA) is 33.4 Å². The molecule has 0 bridgehead atoms. The summed E-state index contributed by atoms with van der Waals surface area (Å²) in [5.41, 5.74) is 4.32. The molecule has 4 nitrogen and oxygen atoms in total. The number of fused-ring (bicyclic) bond motifs is 3. The van der Waals surface area contributed by atoms with Crippen molar-refractivity contribution < 1.29 is 0 Å². The summed E-state index contributed by atoms with van der Waals surface area (Å²) in [6.45, 7) is 2.15. The molecule has 3 aromatic heterocycles. The van der Waals surface area contributed by atoms with Crippen molar-refractivity contribution in [2.45, 2.75) is 13.3 Å². The van der Waals surface area contributed by atoms with E-state index >= 15 is 0 Å². The minimum atomic E-state index is 0.489. The highest BCUT2D eigenvalue weighted by Gasteiger charge is 2.11. The molecule has 0 unspecified atom stereocenters. The van der Waals surface area contributed by atoms with Gasteiger partial charge in [0.1, 0.15) is 10.8 Å². The van der Waals surface area contributed by atoms with E-state index in [1.54, 1.807) is 0 Å². The molecule has 0 saturated carbocycles. The van der Waals surface area contributed by atoms with Crippen LogP contribution in [-0.2, 0) is 0 Å². The van der Waals surface area contributed by atoms with E-state index in [1.165, 1.54) is 5.57 Å². The summed E-state index contributed by atoms with van der Waals surface area (Å²) in [4.78, 5) is 8.70. The Morgan fingerprint density at radius 1 is 1.43 bits per heavy atom. The quantitative estimate of drug-likeness (QED) is 0.359. The van der Waals surface area contributed by atoms with Crippen LogP contribution in [0.25, 0.3) is 22.1 Å². The average molecular weight is 413 g/mol. The van der Waals surface area contributed by atoms with E-state index < -0.39 is 0 Å². The first-order chi connectivity index (χ1) is 10.1. The van der Waals surface area contributed by atoms with Gasteiger partial charge in [-0.05, 0) is 18.1 Å². The Balaban J connectivity index is 2.36. The fourth-order valence-corrected chi connectivity index (χ4v) is 2.96. The Bertz CT molecular complexity index is 838. The molecule has 0 aliphatic carbocycles. The van der Waals surface area contributed by atoms with Gasteiger partial charge in [0.05, 0.1) is 28.4 Å². The van der Waals surface area contributed by atoms with Gasteiger partial charge in [0, 0.05) is 48.9 Å². The number of nitrogens with zero attached hydrogens (tertiary/aromatic N) is 4. The molecule has 3 rings (SSSR count). The standard InChI is InChI=1S/C15H14ClIN4/c1-3-10(9-20(2)17)12-6-11-8-19-14(16)7-13(11)21-5-4-18-15(12)21/h4-9H,3H2,1-2H3/b10-9+. The summed E-state index contributed by atoms with van der Waals surface area (Å²) in [7, 11) is 2.02. The number of hydrogen-bond acceptors (Lipinski definition) is 3. The van der Waals surface area contributed by atoms with Crippen LogP contribution in [-0.4, -0.2) is 24.5 Å². The highest BCUT2D eigenvalue weighted by molar-refractivity contribution is 14.1. The Morgan fingerprint density at radius 3 is 2.95 bits per heavy atom. The maximum atomic E-state index is 6.02. The third-order valence-electron chi connectivity index (χ3n) is 3.38. The monoisotopic (exact) mass is 412 g/mol. The molecule has 0 N–H and O–H groups in total. The van der Waals surface area contributed by atoms with Crippen LogP contribution in [0, 0.1) is 0 Å². The highest BCUT2D eigenvalue weighted by atomic mass is 127. The van der Waals surface area contributed by atoms with Crippen LogP contribution in [0.4, 0.5) is 0 Å². The van der Waals surface area contributed by atoms with E-state index in [-0.39, 0.29) is 0 Å².